The van der Waals surface area contributed by atoms with Crippen molar-refractivity contribution < 1.29 is 14.3 Å². The smallest absolute Gasteiger partial charge is 0.328 e. The number of carbonyl (C=O) groups excluding carboxylic acids is 2. The van der Waals surface area contributed by atoms with E-state index in [9.17, 15) is 9.59 Å². The highest BCUT2D eigenvalue weighted by atomic mass is 16.5. The Hall–Kier alpha value is -1.57. The van der Waals surface area contributed by atoms with Gasteiger partial charge in [0.2, 0.25) is 5.91 Å². The molecule has 0 aliphatic carbocycles. The van der Waals surface area contributed by atoms with Crippen molar-refractivity contribution in [3.05, 3.63) is 0 Å². The highest BCUT2D eigenvalue weighted by molar-refractivity contribution is 5.87. The number of nitrogens with zero attached hydrogens (tertiary/aromatic N) is 2. The van der Waals surface area contributed by atoms with Gasteiger partial charge in [0.15, 0.2) is 0 Å². The largest absolute Gasteiger partial charge is 0.464 e. The molecule has 2 atom stereocenters. The van der Waals surface area contributed by atoms with Crippen molar-refractivity contribution in [2.45, 2.75) is 45.6 Å². The van der Waals surface area contributed by atoms with E-state index in [-0.39, 0.29) is 11.9 Å². The minimum Gasteiger partial charge on any atom is -0.464 e. The van der Waals surface area contributed by atoms with Crippen LogP contribution in [-0.4, -0.2) is 36.0 Å². The van der Waals surface area contributed by atoms with E-state index in [0.717, 1.165) is 12.8 Å². The summed E-state index contributed by atoms with van der Waals surface area (Å²) < 4.78 is 4.99. The molecule has 1 fully saturated rings. The molecule has 0 spiro atoms. The van der Waals surface area contributed by atoms with Gasteiger partial charge in [-0.3, -0.25) is 4.79 Å². The Balaban J connectivity index is 2.79. The molecule has 1 rings (SSSR count). The summed E-state index contributed by atoms with van der Waals surface area (Å²) in [7, 11) is 0. The fraction of sp³-hybridized carbons (Fsp3) is 0.769. The van der Waals surface area contributed by atoms with Crippen LogP contribution in [0.2, 0.25) is 0 Å². The first-order valence-electron chi connectivity index (χ1n) is 6.52. The van der Waals surface area contributed by atoms with Crippen LogP contribution < -0.4 is 0 Å². The van der Waals surface area contributed by atoms with Gasteiger partial charge in [0.05, 0.1) is 12.7 Å². The van der Waals surface area contributed by atoms with E-state index in [1.54, 1.807) is 13.8 Å². The maximum atomic E-state index is 12.2. The van der Waals surface area contributed by atoms with Gasteiger partial charge in [0.25, 0.3) is 0 Å². The lowest BCUT2D eigenvalue weighted by atomic mass is 9.98. The predicted octanol–water partition coefficient (Wildman–Crippen LogP) is 1.48. The number of nitriles is 1. The standard InChI is InChI=1S/C13H20N2O3/c1-3-10(9-14)12(16)15-8-6-5-7-11(15)13(17)18-4-2/h10-11H,3-8H2,1-2H3. The molecule has 0 aromatic rings. The third kappa shape index (κ3) is 3.22. The number of ether oxygens (including phenoxy) is 1. The van der Waals surface area contributed by atoms with E-state index in [4.69, 9.17) is 10.00 Å². The number of esters is 1. The molecule has 0 N–H and O–H groups in total. The Morgan fingerprint density at radius 3 is 2.72 bits per heavy atom. The Bertz CT molecular complexity index is 349. The summed E-state index contributed by atoms with van der Waals surface area (Å²) in [5, 5.41) is 8.94. The summed E-state index contributed by atoms with van der Waals surface area (Å²) in [6.07, 6.45) is 2.90. The zero-order valence-corrected chi connectivity index (χ0v) is 11.0. The predicted molar refractivity (Wildman–Crippen MR) is 65.4 cm³/mol. The zero-order valence-electron chi connectivity index (χ0n) is 11.0. The normalized spacial score (nSPS) is 20.9. The molecule has 2 unspecified atom stereocenters. The molecule has 1 amide bonds. The number of rotatable bonds is 4. The molecular weight excluding hydrogens is 232 g/mol. The Morgan fingerprint density at radius 2 is 2.17 bits per heavy atom. The molecule has 0 aromatic carbocycles. The van der Waals surface area contributed by atoms with E-state index in [0.29, 0.717) is 26.0 Å². The third-order valence-corrected chi connectivity index (χ3v) is 3.21. The molecule has 0 bridgehead atoms. The Kier molecular flexibility index (Phi) is 5.63. The molecule has 100 valence electrons. The van der Waals surface area contributed by atoms with Gasteiger partial charge < -0.3 is 9.64 Å². The summed E-state index contributed by atoms with van der Waals surface area (Å²) in [4.78, 5) is 25.5. The summed E-state index contributed by atoms with van der Waals surface area (Å²) >= 11 is 0. The van der Waals surface area contributed by atoms with Gasteiger partial charge in [-0.15, -0.1) is 0 Å². The van der Waals surface area contributed by atoms with Gasteiger partial charge in [-0.25, -0.2) is 4.79 Å². The molecule has 5 heteroatoms. The first kappa shape index (κ1) is 14.5. The van der Waals surface area contributed by atoms with E-state index < -0.39 is 12.0 Å². The number of piperidine rings is 1. The monoisotopic (exact) mass is 252 g/mol. The molecule has 1 aliphatic heterocycles. The Morgan fingerprint density at radius 1 is 1.44 bits per heavy atom. The summed E-state index contributed by atoms with van der Waals surface area (Å²) in [5.74, 6) is -1.24. The molecule has 1 saturated heterocycles. The molecule has 1 aliphatic rings. The molecule has 18 heavy (non-hydrogen) atoms. The highest BCUT2D eigenvalue weighted by Gasteiger charge is 2.35. The third-order valence-electron chi connectivity index (χ3n) is 3.21. The minimum atomic E-state index is -0.653. The first-order chi connectivity index (χ1) is 8.65. The van der Waals surface area contributed by atoms with Gasteiger partial charge >= 0.3 is 5.97 Å². The lowest BCUT2D eigenvalue weighted by Gasteiger charge is -2.34. The minimum absolute atomic E-state index is 0.238. The van der Waals surface area contributed by atoms with Crippen molar-refractivity contribution in [1.29, 1.82) is 5.26 Å². The summed E-state index contributed by atoms with van der Waals surface area (Å²) in [6, 6.07) is 1.49. The van der Waals surface area contributed by atoms with Crippen LogP contribution in [0.3, 0.4) is 0 Å². The number of hydrogen-bond donors (Lipinski definition) is 0. The Labute approximate surface area is 108 Å². The zero-order chi connectivity index (χ0) is 13.5. The topological polar surface area (TPSA) is 70.4 Å². The second kappa shape index (κ2) is 7.00. The second-order valence-electron chi connectivity index (χ2n) is 4.39. The van der Waals surface area contributed by atoms with Crippen molar-refractivity contribution in [3.8, 4) is 6.07 Å². The van der Waals surface area contributed by atoms with E-state index in [2.05, 4.69) is 0 Å². The number of amides is 1. The summed E-state index contributed by atoms with van der Waals surface area (Å²) in [6.45, 7) is 4.40. The maximum Gasteiger partial charge on any atom is 0.328 e. The van der Waals surface area contributed by atoms with Crippen LogP contribution >= 0.6 is 0 Å². The van der Waals surface area contributed by atoms with Crippen molar-refractivity contribution >= 4 is 11.9 Å². The van der Waals surface area contributed by atoms with Gasteiger partial charge in [0, 0.05) is 6.54 Å². The average Bonchev–Trinajstić information content (AvgIpc) is 2.40. The molecule has 0 radical (unpaired) electrons. The molecule has 1 heterocycles. The van der Waals surface area contributed by atoms with Gasteiger partial charge in [-0.1, -0.05) is 6.92 Å². The lowest BCUT2D eigenvalue weighted by Crippen LogP contribution is -2.50. The van der Waals surface area contributed by atoms with Crippen LogP contribution in [0.25, 0.3) is 0 Å². The highest BCUT2D eigenvalue weighted by Crippen LogP contribution is 2.21. The van der Waals surface area contributed by atoms with Crippen molar-refractivity contribution in [2.24, 2.45) is 5.92 Å². The maximum absolute atomic E-state index is 12.2. The van der Waals surface area contributed by atoms with Crippen molar-refractivity contribution in [1.82, 2.24) is 4.90 Å². The fourth-order valence-corrected chi connectivity index (χ4v) is 2.20. The van der Waals surface area contributed by atoms with Crippen molar-refractivity contribution in [2.75, 3.05) is 13.2 Å². The fourth-order valence-electron chi connectivity index (χ4n) is 2.20. The number of hydrogen-bond acceptors (Lipinski definition) is 4. The summed E-state index contributed by atoms with van der Waals surface area (Å²) in [5.41, 5.74) is 0. The van der Waals surface area contributed by atoms with Crippen LogP contribution in [0.5, 0.6) is 0 Å². The van der Waals surface area contributed by atoms with Gasteiger partial charge in [0.1, 0.15) is 12.0 Å². The van der Waals surface area contributed by atoms with Crippen LogP contribution in [0.4, 0.5) is 0 Å². The molecular formula is C13H20N2O3. The van der Waals surface area contributed by atoms with Gasteiger partial charge in [-0.05, 0) is 32.6 Å². The number of likely N-dealkylation sites (tertiary alicyclic amines) is 1. The van der Waals surface area contributed by atoms with E-state index in [1.807, 2.05) is 6.07 Å². The SMILES string of the molecule is CCOC(=O)C1CCCCN1C(=O)C(C#N)CC. The van der Waals surface area contributed by atoms with Crippen molar-refractivity contribution in [3.63, 3.8) is 0 Å². The van der Waals surface area contributed by atoms with Crippen LogP contribution in [0, 0.1) is 17.2 Å². The average molecular weight is 252 g/mol. The molecule has 0 aromatic heterocycles. The molecule has 5 nitrogen and oxygen atoms in total. The number of carbonyl (C=O) groups is 2. The quantitative estimate of drug-likeness (QED) is 0.710. The van der Waals surface area contributed by atoms with E-state index in [1.165, 1.54) is 4.90 Å². The first-order valence-corrected chi connectivity index (χ1v) is 6.52. The van der Waals surface area contributed by atoms with Gasteiger partial charge in [-0.2, -0.15) is 5.26 Å². The second-order valence-corrected chi connectivity index (χ2v) is 4.39. The van der Waals surface area contributed by atoms with Crippen LogP contribution in [0.1, 0.15) is 39.5 Å². The van der Waals surface area contributed by atoms with Crippen LogP contribution in [0.15, 0.2) is 0 Å². The van der Waals surface area contributed by atoms with E-state index >= 15 is 0 Å². The van der Waals surface area contributed by atoms with Crippen LogP contribution in [-0.2, 0) is 14.3 Å². The lowest BCUT2D eigenvalue weighted by molar-refractivity contribution is -0.157. The molecule has 0 saturated carbocycles.